The van der Waals surface area contributed by atoms with Crippen LogP contribution in [0, 0.1) is 17.2 Å². The SMILES string of the molecule is CN1CCC(C2(O)c3ccc(F)cc3NC(=O)C2(C)C)CC1. The molecule has 1 saturated heterocycles. The Morgan fingerprint density at radius 1 is 1.32 bits per heavy atom. The summed E-state index contributed by atoms with van der Waals surface area (Å²) in [6.07, 6.45) is 1.64. The van der Waals surface area contributed by atoms with Gasteiger partial charge in [-0.2, -0.15) is 0 Å². The number of fused-ring (bicyclic) bond motifs is 1. The predicted octanol–water partition coefficient (Wildman–Crippen LogP) is 2.33. The third kappa shape index (κ3) is 2.07. The largest absolute Gasteiger partial charge is 0.384 e. The van der Waals surface area contributed by atoms with Gasteiger partial charge in [0.2, 0.25) is 5.91 Å². The number of likely N-dealkylation sites (tertiary alicyclic amines) is 1. The molecule has 2 N–H and O–H groups in total. The van der Waals surface area contributed by atoms with E-state index in [-0.39, 0.29) is 11.8 Å². The van der Waals surface area contributed by atoms with Gasteiger partial charge in [0.25, 0.3) is 0 Å². The van der Waals surface area contributed by atoms with Crippen LogP contribution in [-0.4, -0.2) is 36.1 Å². The van der Waals surface area contributed by atoms with Crippen molar-refractivity contribution in [3.8, 4) is 0 Å². The summed E-state index contributed by atoms with van der Waals surface area (Å²) in [7, 11) is 2.06. The summed E-state index contributed by atoms with van der Waals surface area (Å²) in [4.78, 5) is 14.7. The summed E-state index contributed by atoms with van der Waals surface area (Å²) in [6.45, 7) is 5.32. The van der Waals surface area contributed by atoms with Crippen LogP contribution in [0.1, 0.15) is 32.3 Å². The Balaban J connectivity index is 2.12. The number of nitrogens with one attached hydrogen (secondary N) is 1. The fraction of sp³-hybridized carbons (Fsp3) is 0.588. The van der Waals surface area contributed by atoms with E-state index >= 15 is 0 Å². The van der Waals surface area contributed by atoms with E-state index in [1.807, 2.05) is 0 Å². The molecule has 22 heavy (non-hydrogen) atoms. The third-order valence-corrected chi connectivity index (χ3v) is 5.47. The molecule has 0 radical (unpaired) electrons. The lowest BCUT2D eigenvalue weighted by molar-refractivity contribution is -0.161. The first kappa shape index (κ1) is 15.4. The van der Waals surface area contributed by atoms with Crippen molar-refractivity contribution in [2.45, 2.75) is 32.3 Å². The van der Waals surface area contributed by atoms with Crippen LogP contribution in [0.2, 0.25) is 0 Å². The van der Waals surface area contributed by atoms with E-state index in [1.165, 1.54) is 12.1 Å². The standard InChI is InChI=1S/C17H23FN2O2/c1-16(2)15(21)19-14-10-12(18)4-5-13(14)17(16,22)11-6-8-20(3)9-7-11/h4-5,10-11,22H,6-9H2,1-3H3,(H,19,21). The molecule has 0 aliphatic carbocycles. The van der Waals surface area contributed by atoms with E-state index in [1.54, 1.807) is 19.9 Å². The van der Waals surface area contributed by atoms with Gasteiger partial charge in [-0.15, -0.1) is 0 Å². The second kappa shape index (κ2) is 5.03. The third-order valence-electron chi connectivity index (χ3n) is 5.47. The summed E-state index contributed by atoms with van der Waals surface area (Å²) in [5.74, 6) is -0.689. The second-order valence-corrected chi connectivity index (χ2v) is 7.11. The van der Waals surface area contributed by atoms with Crippen molar-refractivity contribution in [1.82, 2.24) is 4.90 Å². The van der Waals surface area contributed by atoms with Gasteiger partial charge < -0.3 is 15.3 Å². The van der Waals surface area contributed by atoms with Crippen molar-refractivity contribution in [3.05, 3.63) is 29.6 Å². The maximum absolute atomic E-state index is 13.5. The second-order valence-electron chi connectivity index (χ2n) is 7.11. The van der Waals surface area contributed by atoms with Crippen molar-refractivity contribution in [3.63, 3.8) is 0 Å². The highest BCUT2D eigenvalue weighted by Gasteiger charge is 2.58. The van der Waals surface area contributed by atoms with Crippen LogP contribution in [0.25, 0.3) is 0 Å². The molecule has 1 fully saturated rings. The molecule has 0 spiro atoms. The Morgan fingerprint density at radius 2 is 1.95 bits per heavy atom. The maximum atomic E-state index is 13.5. The maximum Gasteiger partial charge on any atom is 0.233 e. The first-order valence-corrected chi connectivity index (χ1v) is 7.79. The number of benzene rings is 1. The normalized spacial score (nSPS) is 29.0. The number of amides is 1. The zero-order valence-corrected chi connectivity index (χ0v) is 13.3. The topological polar surface area (TPSA) is 52.6 Å². The number of rotatable bonds is 1. The highest BCUT2D eigenvalue weighted by molar-refractivity contribution is 5.99. The summed E-state index contributed by atoms with van der Waals surface area (Å²) >= 11 is 0. The molecule has 1 aromatic rings. The molecule has 2 heterocycles. The van der Waals surface area contributed by atoms with Gasteiger partial charge in [0.05, 0.1) is 5.41 Å². The fourth-order valence-corrected chi connectivity index (χ4v) is 3.90. The van der Waals surface area contributed by atoms with E-state index < -0.39 is 16.8 Å². The van der Waals surface area contributed by atoms with Gasteiger partial charge in [-0.25, -0.2) is 4.39 Å². The zero-order chi connectivity index (χ0) is 16.1. The molecule has 3 rings (SSSR count). The summed E-state index contributed by atoms with van der Waals surface area (Å²) in [6, 6.07) is 4.26. The average Bonchev–Trinajstić information content (AvgIpc) is 2.46. The van der Waals surface area contributed by atoms with Crippen LogP contribution < -0.4 is 5.32 Å². The molecule has 0 bridgehead atoms. The lowest BCUT2D eigenvalue weighted by Crippen LogP contribution is -2.58. The van der Waals surface area contributed by atoms with Crippen molar-refractivity contribution >= 4 is 11.6 Å². The molecule has 2 aliphatic heterocycles. The number of carbonyl (C=O) groups is 1. The molecule has 1 amide bonds. The van der Waals surface area contributed by atoms with Crippen LogP contribution in [0.5, 0.6) is 0 Å². The average molecular weight is 306 g/mol. The molecule has 2 aliphatic rings. The van der Waals surface area contributed by atoms with E-state index in [2.05, 4.69) is 17.3 Å². The number of aliphatic hydroxyl groups is 1. The molecule has 5 heteroatoms. The number of hydrogen-bond donors (Lipinski definition) is 2. The highest BCUT2D eigenvalue weighted by Crippen LogP contribution is 2.53. The van der Waals surface area contributed by atoms with Gasteiger partial charge in [0.1, 0.15) is 11.4 Å². The lowest BCUT2D eigenvalue weighted by atomic mass is 9.59. The molecule has 1 unspecified atom stereocenters. The van der Waals surface area contributed by atoms with Crippen molar-refractivity contribution in [2.24, 2.45) is 11.3 Å². The summed E-state index contributed by atoms with van der Waals surface area (Å²) in [5, 5.41) is 14.4. The van der Waals surface area contributed by atoms with Gasteiger partial charge in [-0.1, -0.05) is 6.07 Å². The predicted molar refractivity (Wildman–Crippen MR) is 82.9 cm³/mol. The van der Waals surface area contributed by atoms with Crippen LogP contribution >= 0.6 is 0 Å². The summed E-state index contributed by atoms with van der Waals surface area (Å²) in [5.41, 5.74) is -1.21. The Kier molecular flexibility index (Phi) is 3.53. The van der Waals surface area contributed by atoms with Crippen molar-refractivity contribution < 1.29 is 14.3 Å². The Morgan fingerprint density at radius 3 is 2.59 bits per heavy atom. The van der Waals surface area contributed by atoms with Gasteiger partial charge in [-0.3, -0.25) is 4.79 Å². The molecule has 0 saturated carbocycles. The van der Waals surface area contributed by atoms with E-state index in [4.69, 9.17) is 0 Å². The molecule has 0 aromatic heterocycles. The summed E-state index contributed by atoms with van der Waals surface area (Å²) < 4.78 is 13.5. The molecular weight excluding hydrogens is 283 g/mol. The van der Waals surface area contributed by atoms with E-state index in [0.29, 0.717) is 11.3 Å². The molecule has 1 atom stereocenters. The van der Waals surface area contributed by atoms with Crippen LogP contribution in [0.3, 0.4) is 0 Å². The number of halogens is 1. The lowest BCUT2D eigenvalue weighted by Gasteiger charge is -2.52. The highest BCUT2D eigenvalue weighted by atomic mass is 19.1. The van der Waals surface area contributed by atoms with Crippen LogP contribution in [-0.2, 0) is 10.4 Å². The number of nitrogens with zero attached hydrogens (tertiary/aromatic N) is 1. The first-order chi connectivity index (χ1) is 10.3. The van der Waals surface area contributed by atoms with E-state index in [0.717, 1.165) is 25.9 Å². The van der Waals surface area contributed by atoms with Crippen LogP contribution in [0.15, 0.2) is 18.2 Å². The fourth-order valence-electron chi connectivity index (χ4n) is 3.90. The van der Waals surface area contributed by atoms with Crippen LogP contribution in [0.4, 0.5) is 10.1 Å². The smallest absolute Gasteiger partial charge is 0.233 e. The van der Waals surface area contributed by atoms with Gasteiger partial charge in [0, 0.05) is 11.3 Å². The Labute approximate surface area is 130 Å². The first-order valence-electron chi connectivity index (χ1n) is 7.79. The van der Waals surface area contributed by atoms with E-state index in [9.17, 15) is 14.3 Å². The number of anilines is 1. The number of hydrogen-bond acceptors (Lipinski definition) is 3. The molecule has 4 nitrogen and oxygen atoms in total. The number of piperidine rings is 1. The monoisotopic (exact) mass is 306 g/mol. The minimum Gasteiger partial charge on any atom is -0.384 e. The molecule has 120 valence electrons. The molecule has 1 aromatic carbocycles. The minimum absolute atomic E-state index is 0.0195. The van der Waals surface area contributed by atoms with Crippen molar-refractivity contribution in [2.75, 3.05) is 25.5 Å². The van der Waals surface area contributed by atoms with Crippen molar-refractivity contribution in [1.29, 1.82) is 0 Å². The minimum atomic E-state index is -1.28. The quantitative estimate of drug-likeness (QED) is 0.837. The number of carbonyl (C=O) groups excluding carboxylic acids is 1. The molecular formula is C17H23FN2O2. The van der Waals surface area contributed by atoms with Gasteiger partial charge >= 0.3 is 0 Å². The van der Waals surface area contributed by atoms with Gasteiger partial charge in [0.15, 0.2) is 0 Å². The zero-order valence-electron chi connectivity index (χ0n) is 13.3. The van der Waals surface area contributed by atoms with Gasteiger partial charge in [-0.05, 0) is 64.9 Å². The Bertz CT molecular complexity index is 609. The Hall–Kier alpha value is -1.46.